The Bertz CT molecular complexity index is 571. The van der Waals surface area contributed by atoms with Crippen molar-refractivity contribution in [3.8, 4) is 0 Å². The molecular weight excluding hydrogens is 280 g/mol. The summed E-state index contributed by atoms with van der Waals surface area (Å²) in [5, 5.41) is 0. The van der Waals surface area contributed by atoms with Crippen molar-refractivity contribution in [2.75, 3.05) is 27.2 Å². The summed E-state index contributed by atoms with van der Waals surface area (Å²) >= 11 is 0. The van der Waals surface area contributed by atoms with Gasteiger partial charge in [0, 0.05) is 26.2 Å². The van der Waals surface area contributed by atoms with E-state index in [1.165, 1.54) is 18.4 Å². The topological polar surface area (TPSA) is 81.9 Å². The highest BCUT2D eigenvalue weighted by Gasteiger charge is 2.38. The van der Waals surface area contributed by atoms with Crippen LogP contribution in [0.5, 0.6) is 0 Å². The third-order valence-electron chi connectivity index (χ3n) is 3.36. The van der Waals surface area contributed by atoms with E-state index < -0.39 is 15.8 Å². The summed E-state index contributed by atoms with van der Waals surface area (Å²) in [5.41, 5.74) is 6.33. The average molecular weight is 300 g/mol. The first-order chi connectivity index (χ1) is 9.29. The molecule has 0 saturated carbocycles. The maximum absolute atomic E-state index is 12.0. The summed E-state index contributed by atoms with van der Waals surface area (Å²) in [5.74, 6) is -0.871. The van der Waals surface area contributed by atoms with Crippen molar-refractivity contribution in [3.63, 3.8) is 0 Å². The van der Waals surface area contributed by atoms with Crippen LogP contribution in [0.25, 0.3) is 0 Å². The Hall–Kier alpha value is -0.990. The SMILES string of the molecule is CN(C)S(=O)(=O)c1ccc(C2(C)OCC(CN)O2)cc1. The number of hydrogen-bond donors (Lipinski definition) is 1. The van der Waals surface area contributed by atoms with Crippen molar-refractivity contribution in [2.24, 2.45) is 5.73 Å². The number of ether oxygens (including phenoxy) is 2. The second-order valence-corrected chi connectivity index (χ2v) is 7.20. The summed E-state index contributed by atoms with van der Waals surface area (Å²) in [4.78, 5) is 0.239. The molecule has 1 aromatic rings. The van der Waals surface area contributed by atoms with Gasteiger partial charge in [0.25, 0.3) is 0 Å². The smallest absolute Gasteiger partial charge is 0.242 e. The number of rotatable bonds is 4. The van der Waals surface area contributed by atoms with E-state index in [0.717, 1.165) is 5.56 Å². The molecule has 2 N–H and O–H groups in total. The summed E-state index contributed by atoms with van der Waals surface area (Å²) in [7, 11) is -0.422. The van der Waals surface area contributed by atoms with E-state index in [1.54, 1.807) is 31.2 Å². The molecule has 7 heteroatoms. The molecule has 0 spiro atoms. The summed E-state index contributed by atoms with van der Waals surface area (Å²) in [6.45, 7) is 2.63. The highest BCUT2D eigenvalue weighted by Crippen LogP contribution is 2.34. The van der Waals surface area contributed by atoms with Crippen LogP contribution in [0.3, 0.4) is 0 Å². The molecule has 1 aliphatic heterocycles. The molecule has 0 aliphatic carbocycles. The van der Waals surface area contributed by atoms with Crippen LogP contribution in [0.2, 0.25) is 0 Å². The Morgan fingerprint density at radius 1 is 1.35 bits per heavy atom. The van der Waals surface area contributed by atoms with Gasteiger partial charge in [-0.1, -0.05) is 12.1 Å². The predicted octanol–water partition coefficient (Wildman–Crippen LogP) is 0.484. The molecule has 1 fully saturated rings. The van der Waals surface area contributed by atoms with Gasteiger partial charge in [0.1, 0.15) is 0 Å². The lowest BCUT2D eigenvalue weighted by molar-refractivity contribution is -0.160. The minimum Gasteiger partial charge on any atom is -0.343 e. The molecule has 0 aromatic heterocycles. The molecule has 1 heterocycles. The van der Waals surface area contributed by atoms with Gasteiger partial charge in [0.2, 0.25) is 10.0 Å². The van der Waals surface area contributed by atoms with E-state index in [2.05, 4.69) is 0 Å². The number of nitrogens with two attached hydrogens (primary N) is 1. The first-order valence-electron chi connectivity index (χ1n) is 6.34. The maximum Gasteiger partial charge on any atom is 0.242 e. The fourth-order valence-electron chi connectivity index (χ4n) is 2.05. The van der Waals surface area contributed by atoms with E-state index in [0.29, 0.717) is 13.2 Å². The Morgan fingerprint density at radius 3 is 2.40 bits per heavy atom. The molecule has 2 unspecified atom stereocenters. The van der Waals surface area contributed by atoms with Crippen LogP contribution in [0.1, 0.15) is 12.5 Å². The van der Waals surface area contributed by atoms with Crippen molar-refractivity contribution >= 4 is 10.0 Å². The lowest BCUT2D eigenvalue weighted by Gasteiger charge is -2.24. The average Bonchev–Trinajstić information content (AvgIpc) is 2.82. The van der Waals surface area contributed by atoms with E-state index in [-0.39, 0.29) is 11.0 Å². The maximum atomic E-state index is 12.0. The molecular formula is C13H20N2O4S. The highest BCUT2D eigenvalue weighted by molar-refractivity contribution is 7.89. The largest absolute Gasteiger partial charge is 0.343 e. The molecule has 1 aliphatic rings. The van der Waals surface area contributed by atoms with Crippen molar-refractivity contribution < 1.29 is 17.9 Å². The minimum absolute atomic E-state index is 0.134. The van der Waals surface area contributed by atoms with Crippen LogP contribution in [-0.4, -0.2) is 46.1 Å². The van der Waals surface area contributed by atoms with E-state index >= 15 is 0 Å². The van der Waals surface area contributed by atoms with Gasteiger partial charge >= 0.3 is 0 Å². The molecule has 1 saturated heterocycles. The van der Waals surface area contributed by atoms with Gasteiger partial charge < -0.3 is 15.2 Å². The molecule has 1 aromatic carbocycles. The quantitative estimate of drug-likeness (QED) is 0.875. The van der Waals surface area contributed by atoms with Crippen LogP contribution in [0, 0.1) is 0 Å². The third kappa shape index (κ3) is 2.72. The Kier molecular flexibility index (Phi) is 4.17. The number of benzene rings is 1. The lowest BCUT2D eigenvalue weighted by atomic mass is 10.1. The summed E-state index contributed by atoms with van der Waals surface area (Å²) in [6.07, 6.45) is -0.134. The van der Waals surface area contributed by atoms with Crippen LogP contribution in [0.4, 0.5) is 0 Å². The van der Waals surface area contributed by atoms with E-state index in [1.807, 2.05) is 0 Å². The first kappa shape index (κ1) is 15.4. The molecule has 0 amide bonds. The monoisotopic (exact) mass is 300 g/mol. The summed E-state index contributed by atoms with van der Waals surface area (Å²) in [6, 6.07) is 6.52. The predicted molar refractivity (Wildman–Crippen MR) is 74.5 cm³/mol. The van der Waals surface area contributed by atoms with Gasteiger partial charge in [-0.3, -0.25) is 0 Å². The van der Waals surface area contributed by atoms with Crippen LogP contribution in [0.15, 0.2) is 29.2 Å². The van der Waals surface area contributed by atoms with Crippen molar-refractivity contribution in [2.45, 2.75) is 23.7 Å². The fourth-order valence-corrected chi connectivity index (χ4v) is 2.95. The fraction of sp³-hybridized carbons (Fsp3) is 0.538. The van der Waals surface area contributed by atoms with Crippen molar-refractivity contribution in [1.29, 1.82) is 0 Å². The minimum atomic E-state index is -3.42. The molecule has 0 radical (unpaired) electrons. The summed E-state index contributed by atoms with van der Waals surface area (Å²) < 4.78 is 36.5. The number of hydrogen-bond acceptors (Lipinski definition) is 5. The zero-order valence-corrected chi connectivity index (χ0v) is 12.7. The van der Waals surface area contributed by atoms with Crippen LogP contribution < -0.4 is 5.73 Å². The van der Waals surface area contributed by atoms with Gasteiger partial charge in [-0.2, -0.15) is 0 Å². The lowest BCUT2D eigenvalue weighted by Crippen LogP contribution is -2.27. The normalized spacial score (nSPS) is 27.1. The van der Waals surface area contributed by atoms with E-state index in [4.69, 9.17) is 15.2 Å². The second kappa shape index (κ2) is 5.42. The molecule has 112 valence electrons. The van der Waals surface area contributed by atoms with Crippen molar-refractivity contribution in [1.82, 2.24) is 4.31 Å². The van der Waals surface area contributed by atoms with Gasteiger partial charge in [-0.15, -0.1) is 0 Å². The van der Waals surface area contributed by atoms with Crippen LogP contribution in [-0.2, 0) is 25.3 Å². The van der Waals surface area contributed by atoms with Crippen molar-refractivity contribution in [3.05, 3.63) is 29.8 Å². The number of nitrogens with zero attached hydrogens (tertiary/aromatic N) is 1. The third-order valence-corrected chi connectivity index (χ3v) is 5.19. The van der Waals surface area contributed by atoms with Gasteiger partial charge in [0.05, 0.1) is 17.6 Å². The van der Waals surface area contributed by atoms with Gasteiger partial charge in [0.15, 0.2) is 5.79 Å². The van der Waals surface area contributed by atoms with Crippen LogP contribution >= 0.6 is 0 Å². The molecule has 6 nitrogen and oxygen atoms in total. The zero-order valence-electron chi connectivity index (χ0n) is 11.9. The molecule has 2 rings (SSSR count). The molecule has 2 atom stereocenters. The van der Waals surface area contributed by atoms with Gasteiger partial charge in [-0.25, -0.2) is 12.7 Å². The first-order valence-corrected chi connectivity index (χ1v) is 7.78. The van der Waals surface area contributed by atoms with E-state index in [9.17, 15) is 8.42 Å². The van der Waals surface area contributed by atoms with Gasteiger partial charge in [-0.05, 0) is 19.1 Å². The Labute approximate surface area is 119 Å². The second-order valence-electron chi connectivity index (χ2n) is 5.04. The number of sulfonamides is 1. The standard InChI is InChI=1S/C13H20N2O4S/c1-13(18-9-11(8-14)19-13)10-4-6-12(7-5-10)20(16,17)15(2)3/h4-7,11H,8-9,14H2,1-3H3. The molecule has 0 bridgehead atoms. The Morgan fingerprint density at radius 2 is 1.95 bits per heavy atom. The highest BCUT2D eigenvalue weighted by atomic mass is 32.2. The Balaban J connectivity index is 2.26. The zero-order chi connectivity index (χ0) is 15.0. The molecule has 20 heavy (non-hydrogen) atoms.